The lowest BCUT2D eigenvalue weighted by molar-refractivity contribution is 0.191. The molecule has 1 aliphatic rings. The summed E-state index contributed by atoms with van der Waals surface area (Å²) in [6.45, 7) is 3.28. The molecule has 0 aliphatic carbocycles. The first kappa shape index (κ1) is 20.2. The number of urea groups is 1. The van der Waals surface area contributed by atoms with Crippen molar-refractivity contribution in [1.82, 2.24) is 14.3 Å². The van der Waals surface area contributed by atoms with Gasteiger partial charge in [0.2, 0.25) is 0 Å². The van der Waals surface area contributed by atoms with Crippen LogP contribution in [0.1, 0.15) is 30.1 Å². The molecule has 1 unspecified atom stereocenters. The van der Waals surface area contributed by atoms with E-state index in [1.54, 1.807) is 23.1 Å². The van der Waals surface area contributed by atoms with Crippen LogP contribution in [0, 0.1) is 12.7 Å². The van der Waals surface area contributed by atoms with Gasteiger partial charge < -0.3 is 14.6 Å². The highest BCUT2D eigenvalue weighted by Crippen LogP contribution is 2.33. The second-order valence-electron chi connectivity index (χ2n) is 8.28. The van der Waals surface area contributed by atoms with E-state index >= 15 is 0 Å². The van der Waals surface area contributed by atoms with E-state index in [0.29, 0.717) is 13.1 Å². The van der Waals surface area contributed by atoms with Crippen molar-refractivity contribution in [2.24, 2.45) is 0 Å². The van der Waals surface area contributed by atoms with Crippen molar-refractivity contribution in [3.05, 3.63) is 90.1 Å². The molecule has 0 radical (unpaired) electrons. The first-order valence-corrected chi connectivity index (χ1v) is 11.0. The van der Waals surface area contributed by atoms with Crippen LogP contribution < -0.4 is 5.32 Å². The summed E-state index contributed by atoms with van der Waals surface area (Å²) in [5.41, 5.74) is 4.52. The van der Waals surface area contributed by atoms with Gasteiger partial charge in [0, 0.05) is 30.8 Å². The van der Waals surface area contributed by atoms with E-state index in [1.807, 2.05) is 30.5 Å². The van der Waals surface area contributed by atoms with Gasteiger partial charge in [-0.2, -0.15) is 0 Å². The number of hydrogen-bond acceptors (Lipinski definition) is 2. The molecule has 5 nitrogen and oxygen atoms in total. The van der Waals surface area contributed by atoms with E-state index < -0.39 is 5.82 Å². The number of carbonyl (C=O) groups excluding carboxylic acids is 1. The number of aryl methyl sites for hydroxylation is 1. The van der Waals surface area contributed by atoms with Gasteiger partial charge in [-0.05, 0) is 49.6 Å². The van der Waals surface area contributed by atoms with Crippen molar-refractivity contribution in [2.45, 2.75) is 25.7 Å². The number of nitrogens with zero attached hydrogens (tertiary/aromatic N) is 3. The van der Waals surface area contributed by atoms with Gasteiger partial charge in [0.15, 0.2) is 0 Å². The zero-order valence-corrected chi connectivity index (χ0v) is 18.0. The minimum absolute atomic E-state index is 0.0998. The summed E-state index contributed by atoms with van der Waals surface area (Å²) in [6.07, 6.45) is 3.86. The second-order valence-corrected chi connectivity index (χ2v) is 8.28. The molecule has 6 heteroatoms. The number of imidazole rings is 1. The number of amides is 2. The van der Waals surface area contributed by atoms with Crippen molar-refractivity contribution in [3.63, 3.8) is 0 Å². The number of aromatic nitrogens is 2. The van der Waals surface area contributed by atoms with Gasteiger partial charge >= 0.3 is 6.03 Å². The van der Waals surface area contributed by atoms with E-state index in [1.165, 1.54) is 11.6 Å². The Hall–Kier alpha value is -3.67. The number of pyridine rings is 1. The Bertz CT molecular complexity index is 1280. The fraction of sp³-hybridized carbons (Fsp3) is 0.231. The maximum absolute atomic E-state index is 14.0. The van der Waals surface area contributed by atoms with Crippen LogP contribution in [0.5, 0.6) is 0 Å². The number of anilines is 1. The van der Waals surface area contributed by atoms with Crippen LogP contribution in [-0.2, 0) is 0 Å². The van der Waals surface area contributed by atoms with Crippen molar-refractivity contribution in [2.75, 3.05) is 18.4 Å². The molecule has 0 spiro atoms. The number of fused-ring (bicyclic) bond motifs is 1. The number of piperidine rings is 1. The molecule has 1 aliphatic heterocycles. The molecule has 2 aromatic heterocycles. The Morgan fingerprint density at radius 3 is 2.69 bits per heavy atom. The topological polar surface area (TPSA) is 49.6 Å². The Kier molecular flexibility index (Phi) is 5.35. The standard InChI is InChI=1S/C26H25FN4O/c1-18-9-2-3-11-20(18)24-23-14-6-7-16-31(23)25(29-24)19-10-8-15-30(17-19)26(32)28-22-13-5-4-12-21(22)27/h2-7,9,11-14,16,19H,8,10,15,17H2,1H3,(H,28,32). The molecule has 1 N–H and O–H groups in total. The lowest BCUT2D eigenvalue weighted by atomic mass is 9.97. The van der Waals surface area contributed by atoms with Crippen LogP contribution in [0.25, 0.3) is 16.8 Å². The zero-order valence-electron chi connectivity index (χ0n) is 18.0. The molecule has 3 heterocycles. The van der Waals surface area contributed by atoms with Crippen LogP contribution in [0.2, 0.25) is 0 Å². The number of hydrogen-bond donors (Lipinski definition) is 1. The third kappa shape index (κ3) is 3.73. The zero-order chi connectivity index (χ0) is 22.1. The Labute approximate surface area is 186 Å². The number of para-hydroxylation sites is 1. The van der Waals surface area contributed by atoms with Gasteiger partial charge in [0.1, 0.15) is 11.6 Å². The van der Waals surface area contributed by atoms with Crippen molar-refractivity contribution < 1.29 is 9.18 Å². The van der Waals surface area contributed by atoms with Gasteiger partial charge in [-0.1, -0.05) is 42.5 Å². The largest absolute Gasteiger partial charge is 0.324 e. The summed E-state index contributed by atoms with van der Waals surface area (Å²) in [5, 5.41) is 2.71. The van der Waals surface area contributed by atoms with Crippen molar-refractivity contribution in [3.8, 4) is 11.3 Å². The molecule has 1 fully saturated rings. The molecule has 1 atom stereocenters. The summed E-state index contributed by atoms with van der Waals surface area (Å²) < 4.78 is 16.1. The first-order valence-electron chi connectivity index (χ1n) is 11.0. The highest BCUT2D eigenvalue weighted by molar-refractivity contribution is 5.89. The Morgan fingerprint density at radius 2 is 1.84 bits per heavy atom. The van der Waals surface area contributed by atoms with Crippen LogP contribution in [0.3, 0.4) is 0 Å². The Balaban J connectivity index is 1.45. The number of likely N-dealkylation sites (tertiary alicyclic amines) is 1. The maximum Gasteiger partial charge on any atom is 0.321 e. The third-order valence-corrected chi connectivity index (χ3v) is 6.17. The average Bonchev–Trinajstić information content (AvgIpc) is 3.20. The molecule has 4 aromatic rings. The molecule has 0 bridgehead atoms. The first-order chi connectivity index (χ1) is 15.6. The molecule has 0 saturated carbocycles. The quantitative estimate of drug-likeness (QED) is 0.444. The number of rotatable bonds is 3. The monoisotopic (exact) mass is 428 g/mol. The number of halogens is 1. The second kappa shape index (κ2) is 8.46. The number of benzene rings is 2. The number of nitrogens with one attached hydrogen (secondary N) is 1. The van der Waals surface area contributed by atoms with E-state index in [4.69, 9.17) is 4.98 Å². The van der Waals surface area contributed by atoms with Gasteiger partial charge in [0.05, 0.1) is 16.9 Å². The Morgan fingerprint density at radius 1 is 1.06 bits per heavy atom. The smallest absolute Gasteiger partial charge is 0.321 e. The van der Waals surface area contributed by atoms with Crippen LogP contribution in [0.4, 0.5) is 14.9 Å². The van der Waals surface area contributed by atoms with Crippen molar-refractivity contribution in [1.29, 1.82) is 0 Å². The maximum atomic E-state index is 14.0. The summed E-state index contributed by atoms with van der Waals surface area (Å²) in [5.74, 6) is 0.626. The predicted octanol–water partition coefficient (Wildman–Crippen LogP) is 5.86. The predicted molar refractivity (Wildman–Crippen MR) is 124 cm³/mol. The van der Waals surface area contributed by atoms with Crippen LogP contribution in [0.15, 0.2) is 72.9 Å². The third-order valence-electron chi connectivity index (χ3n) is 6.17. The molecule has 2 amide bonds. The number of carbonyl (C=O) groups is 1. The SMILES string of the molecule is Cc1ccccc1-c1nc(C2CCCN(C(=O)Nc3ccccc3F)C2)n2ccccc12. The lowest BCUT2D eigenvalue weighted by Crippen LogP contribution is -2.42. The van der Waals surface area contributed by atoms with E-state index in [9.17, 15) is 9.18 Å². The summed E-state index contributed by atoms with van der Waals surface area (Å²) >= 11 is 0. The highest BCUT2D eigenvalue weighted by Gasteiger charge is 2.29. The van der Waals surface area contributed by atoms with Gasteiger partial charge in [-0.15, -0.1) is 0 Å². The van der Waals surface area contributed by atoms with Crippen LogP contribution >= 0.6 is 0 Å². The van der Waals surface area contributed by atoms with Crippen LogP contribution in [-0.4, -0.2) is 33.4 Å². The van der Waals surface area contributed by atoms with Gasteiger partial charge in [-0.25, -0.2) is 14.2 Å². The minimum atomic E-state index is -0.434. The molecule has 162 valence electrons. The molecular weight excluding hydrogens is 403 g/mol. The van der Waals surface area contributed by atoms with E-state index in [0.717, 1.165) is 35.4 Å². The minimum Gasteiger partial charge on any atom is -0.324 e. The molecular formula is C26H25FN4O. The summed E-state index contributed by atoms with van der Waals surface area (Å²) in [7, 11) is 0. The molecule has 2 aromatic carbocycles. The van der Waals surface area contributed by atoms with E-state index in [2.05, 4.69) is 34.8 Å². The molecule has 32 heavy (non-hydrogen) atoms. The molecule has 5 rings (SSSR count). The normalized spacial score (nSPS) is 16.3. The van der Waals surface area contributed by atoms with Gasteiger partial charge in [0.25, 0.3) is 0 Å². The van der Waals surface area contributed by atoms with Gasteiger partial charge in [-0.3, -0.25) is 0 Å². The average molecular weight is 429 g/mol. The fourth-order valence-corrected chi connectivity index (χ4v) is 4.52. The van der Waals surface area contributed by atoms with E-state index in [-0.39, 0.29) is 17.6 Å². The molecule has 1 saturated heterocycles. The summed E-state index contributed by atoms with van der Waals surface area (Å²) in [6, 6.07) is 20.3. The highest BCUT2D eigenvalue weighted by atomic mass is 19.1. The van der Waals surface area contributed by atoms with Crippen molar-refractivity contribution >= 4 is 17.2 Å². The summed E-state index contributed by atoms with van der Waals surface area (Å²) in [4.78, 5) is 19.7. The fourth-order valence-electron chi connectivity index (χ4n) is 4.52. The lowest BCUT2D eigenvalue weighted by Gasteiger charge is -2.32.